The minimum Gasteiger partial charge on any atom is -0.477 e. The molecule has 1 aromatic carbocycles. The van der Waals surface area contributed by atoms with E-state index in [0.717, 1.165) is 46.2 Å². The fourth-order valence-corrected chi connectivity index (χ4v) is 3.73. The average molecular weight is 363 g/mol. The van der Waals surface area contributed by atoms with Crippen LogP contribution in [0.1, 0.15) is 58.8 Å². The number of hydrogen-bond acceptors (Lipinski definition) is 3. The van der Waals surface area contributed by atoms with Gasteiger partial charge in [0.15, 0.2) is 0 Å². The van der Waals surface area contributed by atoms with Crippen LogP contribution in [0.2, 0.25) is 0 Å². The number of aliphatic hydroxyl groups excluding tert-OH is 1. The Labute approximate surface area is 156 Å². The largest absolute Gasteiger partial charge is 0.477 e. The average Bonchev–Trinajstić information content (AvgIpc) is 3.47. The van der Waals surface area contributed by atoms with Crippen molar-refractivity contribution in [3.63, 3.8) is 0 Å². The minimum atomic E-state index is -1.19. The van der Waals surface area contributed by atoms with E-state index in [9.17, 15) is 19.8 Å². The van der Waals surface area contributed by atoms with E-state index >= 15 is 0 Å². The first-order chi connectivity index (χ1) is 12.9. The number of carbonyl (C=O) groups is 1. The van der Waals surface area contributed by atoms with Gasteiger partial charge in [0.1, 0.15) is 5.56 Å². The number of nitrogens with zero attached hydrogens (tertiary/aromatic N) is 1. The molecule has 0 aliphatic heterocycles. The molecule has 5 nitrogen and oxygen atoms in total. The van der Waals surface area contributed by atoms with E-state index < -0.39 is 17.6 Å². The van der Waals surface area contributed by atoms with Crippen LogP contribution in [0.25, 0.3) is 16.6 Å². The van der Waals surface area contributed by atoms with E-state index in [2.05, 4.69) is 0 Å². The van der Waals surface area contributed by atoms with Crippen LogP contribution in [-0.2, 0) is 0 Å². The van der Waals surface area contributed by atoms with Crippen molar-refractivity contribution in [1.82, 2.24) is 4.40 Å². The summed E-state index contributed by atoms with van der Waals surface area (Å²) in [5.74, 6) is -0.890. The number of aliphatic hydroxyl groups is 1. The maximum absolute atomic E-state index is 12.7. The molecule has 1 atom stereocenters. The van der Waals surface area contributed by atoms with Crippen molar-refractivity contribution in [2.45, 2.75) is 38.7 Å². The lowest BCUT2D eigenvalue weighted by Crippen LogP contribution is -2.23. The SMILES string of the molecule is Cc1c(-c2cccc(C(C)O)c2)ccn2c(=O)c(C(=O)O)cc(C3CC3)c12. The van der Waals surface area contributed by atoms with Gasteiger partial charge in [0.25, 0.3) is 5.56 Å². The molecule has 3 aromatic rings. The maximum Gasteiger partial charge on any atom is 0.341 e. The number of fused-ring (bicyclic) bond motifs is 1. The quantitative estimate of drug-likeness (QED) is 0.737. The maximum atomic E-state index is 12.7. The van der Waals surface area contributed by atoms with E-state index in [-0.39, 0.29) is 5.56 Å². The van der Waals surface area contributed by atoms with Gasteiger partial charge in [-0.3, -0.25) is 9.20 Å². The number of hydrogen-bond donors (Lipinski definition) is 2. The van der Waals surface area contributed by atoms with Crippen LogP contribution in [0, 0.1) is 6.92 Å². The third kappa shape index (κ3) is 2.94. The van der Waals surface area contributed by atoms with Crippen LogP contribution in [0.5, 0.6) is 0 Å². The number of aromatic nitrogens is 1. The summed E-state index contributed by atoms with van der Waals surface area (Å²) < 4.78 is 1.47. The highest BCUT2D eigenvalue weighted by atomic mass is 16.4. The van der Waals surface area contributed by atoms with Gasteiger partial charge in [-0.25, -0.2) is 4.79 Å². The van der Waals surface area contributed by atoms with Gasteiger partial charge in [0.05, 0.1) is 11.6 Å². The van der Waals surface area contributed by atoms with Crippen LogP contribution >= 0.6 is 0 Å². The molecule has 2 heterocycles. The molecule has 27 heavy (non-hydrogen) atoms. The summed E-state index contributed by atoms with van der Waals surface area (Å²) in [6.45, 7) is 3.69. The summed E-state index contributed by atoms with van der Waals surface area (Å²) in [5.41, 5.74) is 4.74. The number of carboxylic acid groups (broad SMARTS) is 1. The third-order valence-electron chi connectivity index (χ3n) is 5.34. The highest BCUT2D eigenvalue weighted by molar-refractivity contribution is 5.89. The topological polar surface area (TPSA) is 79.0 Å². The van der Waals surface area contributed by atoms with Crippen molar-refractivity contribution in [2.24, 2.45) is 0 Å². The summed E-state index contributed by atoms with van der Waals surface area (Å²) >= 11 is 0. The molecule has 138 valence electrons. The first-order valence-electron chi connectivity index (χ1n) is 9.09. The van der Waals surface area contributed by atoms with Crippen molar-refractivity contribution in [3.8, 4) is 11.1 Å². The molecule has 1 aliphatic carbocycles. The van der Waals surface area contributed by atoms with Crippen molar-refractivity contribution in [3.05, 3.63) is 75.2 Å². The van der Waals surface area contributed by atoms with Gasteiger partial charge in [-0.15, -0.1) is 0 Å². The number of rotatable bonds is 4. The van der Waals surface area contributed by atoms with Crippen molar-refractivity contribution in [1.29, 1.82) is 0 Å². The van der Waals surface area contributed by atoms with Crippen LogP contribution in [-0.4, -0.2) is 20.6 Å². The van der Waals surface area contributed by atoms with Crippen LogP contribution in [0.15, 0.2) is 47.4 Å². The summed E-state index contributed by atoms with van der Waals surface area (Å²) in [6.07, 6.45) is 3.11. The highest BCUT2D eigenvalue weighted by Crippen LogP contribution is 2.43. The normalized spacial score (nSPS) is 15.1. The number of aromatic carboxylic acids is 1. The van der Waals surface area contributed by atoms with E-state index in [0.29, 0.717) is 5.92 Å². The van der Waals surface area contributed by atoms with Crippen LogP contribution < -0.4 is 5.56 Å². The summed E-state index contributed by atoms with van der Waals surface area (Å²) in [5, 5.41) is 19.3. The molecule has 1 unspecified atom stereocenters. The Hall–Kier alpha value is -2.92. The van der Waals surface area contributed by atoms with Crippen molar-refractivity contribution >= 4 is 11.5 Å². The smallest absolute Gasteiger partial charge is 0.341 e. The zero-order valence-electron chi connectivity index (χ0n) is 15.3. The minimum absolute atomic E-state index is 0.183. The summed E-state index contributed by atoms with van der Waals surface area (Å²) in [6, 6.07) is 11.1. The molecule has 0 bridgehead atoms. The Bertz CT molecular complexity index is 1120. The standard InChI is InChI=1S/C22H21NO4/c1-12-17(16-5-3-4-15(10-16)13(2)24)8-9-23-20(12)18(14-6-7-14)11-19(21(23)25)22(26)27/h3-5,8-11,13-14,24H,6-7H2,1-2H3,(H,26,27). The monoisotopic (exact) mass is 363 g/mol. The van der Waals surface area contributed by atoms with E-state index in [1.807, 2.05) is 37.3 Å². The number of carboxylic acids is 1. The summed E-state index contributed by atoms with van der Waals surface area (Å²) in [7, 11) is 0. The van der Waals surface area contributed by atoms with Gasteiger partial charge in [-0.1, -0.05) is 18.2 Å². The molecule has 1 aliphatic rings. The van der Waals surface area contributed by atoms with Crippen LogP contribution in [0.3, 0.4) is 0 Å². The Morgan fingerprint density at radius 2 is 1.96 bits per heavy atom. The highest BCUT2D eigenvalue weighted by Gasteiger charge is 2.29. The first kappa shape index (κ1) is 17.5. The molecule has 1 fully saturated rings. The molecule has 5 heteroatoms. The second-order valence-electron chi connectivity index (χ2n) is 7.27. The van der Waals surface area contributed by atoms with E-state index in [1.165, 1.54) is 4.40 Å². The lowest BCUT2D eigenvalue weighted by molar-refractivity contribution is 0.0694. The number of benzene rings is 1. The van der Waals surface area contributed by atoms with Gasteiger partial charge in [-0.2, -0.15) is 0 Å². The first-order valence-corrected chi connectivity index (χ1v) is 9.09. The zero-order chi connectivity index (χ0) is 19.3. The van der Waals surface area contributed by atoms with E-state index in [4.69, 9.17) is 0 Å². The molecule has 0 radical (unpaired) electrons. The Balaban J connectivity index is 2.01. The molecule has 1 saturated carbocycles. The number of aryl methyl sites for hydroxylation is 1. The molecule has 0 saturated heterocycles. The molecule has 0 amide bonds. The third-order valence-corrected chi connectivity index (χ3v) is 5.34. The second kappa shape index (κ2) is 6.35. The van der Waals surface area contributed by atoms with Gasteiger partial charge in [-0.05, 0) is 78.6 Å². The van der Waals surface area contributed by atoms with Crippen LogP contribution in [0.4, 0.5) is 0 Å². The molecular weight excluding hydrogens is 342 g/mol. The van der Waals surface area contributed by atoms with Crippen molar-refractivity contribution in [2.75, 3.05) is 0 Å². The lowest BCUT2D eigenvalue weighted by atomic mass is 9.95. The predicted octanol–water partition coefficient (Wildman–Crippen LogP) is 3.90. The van der Waals surface area contributed by atoms with E-state index in [1.54, 1.807) is 19.2 Å². The van der Waals surface area contributed by atoms with Gasteiger partial charge >= 0.3 is 5.97 Å². The molecule has 2 N–H and O–H groups in total. The van der Waals surface area contributed by atoms with Gasteiger partial charge < -0.3 is 10.2 Å². The molecule has 0 spiro atoms. The Morgan fingerprint density at radius 3 is 2.59 bits per heavy atom. The summed E-state index contributed by atoms with van der Waals surface area (Å²) in [4.78, 5) is 24.2. The molecular formula is C22H21NO4. The zero-order valence-corrected chi connectivity index (χ0v) is 15.3. The fourth-order valence-electron chi connectivity index (χ4n) is 3.73. The fraction of sp³-hybridized carbons (Fsp3) is 0.273. The molecule has 2 aromatic heterocycles. The van der Waals surface area contributed by atoms with Gasteiger partial charge in [0.2, 0.25) is 0 Å². The predicted molar refractivity (Wildman–Crippen MR) is 103 cm³/mol. The van der Waals surface area contributed by atoms with Gasteiger partial charge in [0, 0.05) is 6.20 Å². The number of pyridine rings is 2. The Morgan fingerprint density at radius 1 is 1.22 bits per heavy atom. The second-order valence-corrected chi connectivity index (χ2v) is 7.27. The lowest BCUT2D eigenvalue weighted by Gasteiger charge is -2.16. The Kier molecular flexibility index (Phi) is 4.12. The van der Waals surface area contributed by atoms with Crippen molar-refractivity contribution < 1.29 is 15.0 Å². The molecule has 4 rings (SSSR count).